The van der Waals surface area contributed by atoms with E-state index in [4.69, 9.17) is 4.74 Å². The molecule has 1 aliphatic carbocycles. The molecule has 1 amide bonds. The Hall–Kier alpha value is -1.66. The van der Waals surface area contributed by atoms with Crippen molar-refractivity contribution in [1.29, 1.82) is 0 Å². The van der Waals surface area contributed by atoms with Crippen LogP contribution in [0.2, 0.25) is 0 Å². The van der Waals surface area contributed by atoms with Crippen molar-refractivity contribution in [2.75, 3.05) is 25.0 Å². The SMILES string of the molecule is CC(C(=O)Nc1ccc(OCC2CC2)cn1)N1CCCC(O)C1. The molecule has 1 aromatic heterocycles. The van der Waals surface area contributed by atoms with Crippen LogP contribution in [0.15, 0.2) is 18.3 Å². The lowest BCUT2D eigenvalue weighted by atomic mass is 10.1. The number of nitrogens with one attached hydrogen (secondary N) is 1. The third-order valence-corrected chi connectivity index (χ3v) is 4.53. The van der Waals surface area contributed by atoms with Crippen molar-refractivity contribution in [1.82, 2.24) is 9.88 Å². The lowest BCUT2D eigenvalue weighted by Gasteiger charge is -2.33. The molecule has 1 aromatic rings. The third-order valence-electron chi connectivity index (χ3n) is 4.53. The van der Waals surface area contributed by atoms with Gasteiger partial charge >= 0.3 is 0 Å². The Balaban J connectivity index is 1.49. The van der Waals surface area contributed by atoms with Crippen molar-refractivity contribution in [2.24, 2.45) is 5.92 Å². The van der Waals surface area contributed by atoms with Gasteiger partial charge in [0.1, 0.15) is 11.6 Å². The van der Waals surface area contributed by atoms with E-state index in [2.05, 4.69) is 10.3 Å². The van der Waals surface area contributed by atoms with Crippen molar-refractivity contribution in [3.05, 3.63) is 18.3 Å². The average Bonchev–Trinajstić information content (AvgIpc) is 3.38. The molecule has 2 aliphatic rings. The molecular formula is C17H25N3O3. The standard InChI is InChI=1S/C17H25N3O3/c1-12(20-8-2-3-14(21)10-20)17(22)19-16-7-6-15(9-18-16)23-11-13-4-5-13/h6-7,9,12-14,21H,2-5,8,10-11H2,1H3,(H,18,19,22). The molecule has 126 valence electrons. The van der Waals surface area contributed by atoms with Crippen LogP contribution < -0.4 is 10.1 Å². The first-order chi connectivity index (χ1) is 11.1. The van der Waals surface area contributed by atoms with E-state index in [1.807, 2.05) is 17.9 Å². The number of β-amino-alcohol motifs (C(OH)–C–C–N with tert-alkyl or cyclic N) is 1. The summed E-state index contributed by atoms with van der Waals surface area (Å²) in [4.78, 5) is 18.6. The number of aromatic nitrogens is 1. The van der Waals surface area contributed by atoms with Gasteiger partial charge in [0, 0.05) is 6.54 Å². The monoisotopic (exact) mass is 319 g/mol. The third kappa shape index (κ3) is 4.65. The van der Waals surface area contributed by atoms with Gasteiger partial charge in [-0.1, -0.05) is 0 Å². The van der Waals surface area contributed by atoms with E-state index in [1.165, 1.54) is 12.8 Å². The Labute approximate surface area is 136 Å². The van der Waals surface area contributed by atoms with Gasteiger partial charge in [-0.2, -0.15) is 0 Å². The number of piperidine rings is 1. The maximum atomic E-state index is 12.3. The number of pyridine rings is 1. The van der Waals surface area contributed by atoms with Gasteiger partial charge in [-0.05, 0) is 57.2 Å². The minimum Gasteiger partial charge on any atom is -0.492 e. The Morgan fingerprint density at radius 1 is 1.48 bits per heavy atom. The normalized spacial score (nSPS) is 23.3. The Kier molecular flexibility index (Phi) is 5.13. The molecule has 0 bridgehead atoms. The number of rotatable bonds is 6. The van der Waals surface area contributed by atoms with Crippen molar-refractivity contribution in [3.63, 3.8) is 0 Å². The van der Waals surface area contributed by atoms with Gasteiger partial charge in [0.25, 0.3) is 0 Å². The molecular weight excluding hydrogens is 294 g/mol. The number of hydrogen-bond acceptors (Lipinski definition) is 5. The number of amides is 1. The second kappa shape index (κ2) is 7.27. The number of aliphatic hydroxyl groups is 1. The highest BCUT2D eigenvalue weighted by atomic mass is 16.5. The summed E-state index contributed by atoms with van der Waals surface area (Å²) in [5.74, 6) is 1.87. The molecule has 23 heavy (non-hydrogen) atoms. The molecule has 6 heteroatoms. The molecule has 0 spiro atoms. The first kappa shape index (κ1) is 16.2. The van der Waals surface area contributed by atoms with Gasteiger partial charge in [0.2, 0.25) is 5.91 Å². The zero-order valence-corrected chi connectivity index (χ0v) is 13.6. The summed E-state index contributed by atoms with van der Waals surface area (Å²) >= 11 is 0. The van der Waals surface area contributed by atoms with Gasteiger partial charge in [0.05, 0.1) is 24.9 Å². The van der Waals surface area contributed by atoms with Crippen molar-refractivity contribution in [2.45, 2.75) is 44.8 Å². The van der Waals surface area contributed by atoms with Gasteiger partial charge < -0.3 is 15.2 Å². The summed E-state index contributed by atoms with van der Waals surface area (Å²) in [7, 11) is 0. The summed E-state index contributed by atoms with van der Waals surface area (Å²) < 4.78 is 5.63. The minimum absolute atomic E-state index is 0.0988. The van der Waals surface area contributed by atoms with Crippen LogP contribution in [0.4, 0.5) is 5.82 Å². The summed E-state index contributed by atoms with van der Waals surface area (Å²) in [6.45, 7) is 4.01. The Bertz CT molecular complexity index is 530. The molecule has 0 radical (unpaired) electrons. The van der Waals surface area contributed by atoms with E-state index in [9.17, 15) is 9.90 Å². The highest BCUT2D eigenvalue weighted by Gasteiger charge is 2.26. The highest BCUT2D eigenvalue weighted by Crippen LogP contribution is 2.29. The molecule has 2 N–H and O–H groups in total. The first-order valence-corrected chi connectivity index (χ1v) is 8.43. The van der Waals surface area contributed by atoms with E-state index >= 15 is 0 Å². The van der Waals surface area contributed by atoms with Crippen molar-refractivity contribution < 1.29 is 14.6 Å². The quantitative estimate of drug-likeness (QED) is 0.834. The number of anilines is 1. The maximum absolute atomic E-state index is 12.3. The lowest BCUT2D eigenvalue weighted by molar-refractivity contribution is -0.121. The van der Waals surface area contributed by atoms with Crippen LogP contribution >= 0.6 is 0 Å². The Morgan fingerprint density at radius 2 is 2.30 bits per heavy atom. The summed E-state index contributed by atoms with van der Waals surface area (Å²) in [5, 5.41) is 12.6. The van der Waals surface area contributed by atoms with E-state index in [-0.39, 0.29) is 18.1 Å². The maximum Gasteiger partial charge on any atom is 0.242 e. The summed E-state index contributed by atoms with van der Waals surface area (Å²) in [6.07, 6.45) is 5.56. The number of carbonyl (C=O) groups is 1. The minimum atomic E-state index is -0.333. The number of carbonyl (C=O) groups excluding carboxylic acids is 1. The number of ether oxygens (including phenoxy) is 1. The van der Waals surface area contributed by atoms with Crippen molar-refractivity contribution in [3.8, 4) is 5.75 Å². The molecule has 0 aromatic carbocycles. The van der Waals surface area contributed by atoms with Crippen LogP contribution in [0.1, 0.15) is 32.6 Å². The number of likely N-dealkylation sites (tertiary alicyclic amines) is 1. The van der Waals surface area contributed by atoms with Gasteiger partial charge in [-0.3, -0.25) is 9.69 Å². The topological polar surface area (TPSA) is 74.7 Å². The molecule has 1 aliphatic heterocycles. The molecule has 6 nitrogen and oxygen atoms in total. The van der Waals surface area contributed by atoms with E-state index in [1.54, 1.807) is 12.3 Å². The fraction of sp³-hybridized carbons (Fsp3) is 0.647. The number of aliphatic hydroxyl groups excluding tert-OH is 1. The molecule has 2 fully saturated rings. The van der Waals surface area contributed by atoms with Crippen LogP contribution in [-0.2, 0) is 4.79 Å². The molecule has 3 rings (SSSR count). The van der Waals surface area contributed by atoms with Crippen LogP contribution in [0.3, 0.4) is 0 Å². The van der Waals surface area contributed by atoms with Gasteiger partial charge in [-0.25, -0.2) is 4.98 Å². The predicted octanol–water partition coefficient (Wildman–Crippen LogP) is 1.65. The molecule has 2 heterocycles. The highest BCUT2D eigenvalue weighted by molar-refractivity contribution is 5.93. The lowest BCUT2D eigenvalue weighted by Crippen LogP contribution is -2.48. The molecule has 1 saturated carbocycles. The predicted molar refractivity (Wildman–Crippen MR) is 87.4 cm³/mol. The van der Waals surface area contributed by atoms with E-state index in [0.717, 1.165) is 31.7 Å². The van der Waals surface area contributed by atoms with Crippen LogP contribution in [0.5, 0.6) is 5.75 Å². The molecule has 1 saturated heterocycles. The van der Waals surface area contributed by atoms with Crippen LogP contribution in [-0.4, -0.2) is 52.7 Å². The van der Waals surface area contributed by atoms with E-state index in [0.29, 0.717) is 18.3 Å². The largest absolute Gasteiger partial charge is 0.492 e. The smallest absolute Gasteiger partial charge is 0.242 e. The average molecular weight is 319 g/mol. The molecule has 2 unspecified atom stereocenters. The zero-order valence-electron chi connectivity index (χ0n) is 13.6. The van der Waals surface area contributed by atoms with Crippen LogP contribution in [0, 0.1) is 5.92 Å². The molecule has 2 atom stereocenters. The van der Waals surface area contributed by atoms with Gasteiger partial charge in [-0.15, -0.1) is 0 Å². The number of hydrogen-bond donors (Lipinski definition) is 2. The zero-order chi connectivity index (χ0) is 16.2. The second-order valence-electron chi connectivity index (χ2n) is 6.59. The fourth-order valence-electron chi connectivity index (χ4n) is 2.77. The first-order valence-electron chi connectivity index (χ1n) is 8.43. The van der Waals surface area contributed by atoms with Crippen molar-refractivity contribution >= 4 is 11.7 Å². The second-order valence-corrected chi connectivity index (χ2v) is 6.59. The Morgan fingerprint density at radius 3 is 2.96 bits per heavy atom. The van der Waals surface area contributed by atoms with E-state index < -0.39 is 0 Å². The van der Waals surface area contributed by atoms with Crippen LogP contribution in [0.25, 0.3) is 0 Å². The summed E-state index contributed by atoms with van der Waals surface area (Å²) in [5.41, 5.74) is 0. The van der Waals surface area contributed by atoms with Gasteiger partial charge in [0.15, 0.2) is 0 Å². The summed E-state index contributed by atoms with van der Waals surface area (Å²) in [6, 6.07) is 3.32. The fourth-order valence-corrected chi connectivity index (χ4v) is 2.77. The number of nitrogens with zero attached hydrogens (tertiary/aromatic N) is 2.